The Balaban J connectivity index is 3.02. The van der Waals surface area contributed by atoms with Crippen LogP contribution in [0.5, 0.6) is 0 Å². The van der Waals surface area contributed by atoms with Gasteiger partial charge >= 0.3 is 0 Å². The van der Waals surface area contributed by atoms with Crippen LogP contribution < -0.4 is 0 Å². The largest absolute Gasteiger partial charge is 0.284 e. The molecule has 0 aliphatic carbocycles. The van der Waals surface area contributed by atoms with Gasteiger partial charge in [-0.25, -0.2) is 13.2 Å². The van der Waals surface area contributed by atoms with Gasteiger partial charge in [0.1, 0.15) is 0 Å². The number of hydrogen-bond acceptors (Lipinski definition) is 0. The van der Waals surface area contributed by atoms with Crippen LogP contribution in [0.15, 0.2) is 12.1 Å². The molecule has 0 fully saturated rings. The van der Waals surface area contributed by atoms with Crippen LogP contribution in [0.2, 0.25) is 0 Å². The van der Waals surface area contributed by atoms with Crippen molar-refractivity contribution >= 4 is 33.8 Å². The minimum absolute atomic E-state index is 0.0191. The van der Waals surface area contributed by atoms with Crippen LogP contribution in [0.3, 0.4) is 0 Å². The summed E-state index contributed by atoms with van der Waals surface area (Å²) in [6, 6.07) is 1.98. The minimum atomic E-state index is -1.16. The van der Waals surface area contributed by atoms with Gasteiger partial charge in [-0.05, 0) is 13.0 Å². The Morgan fingerprint density at radius 3 is 2.43 bits per heavy atom. The first-order valence-corrected chi connectivity index (χ1v) is 4.80. The fourth-order valence-electron chi connectivity index (χ4n) is 1.38. The second kappa shape index (κ2) is 3.15. The monoisotopic (exact) mass is 311 g/mol. The van der Waals surface area contributed by atoms with Crippen LogP contribution in [0.25, 0.3) is 10.9 Å². The van der Waals surface area contributed by atoms with Gasteiger partial charge in [0.25, 0.3) is 0 Å². The lowest BCUT2D eigenvalue weighted by molar-refractivity contribution is 0.505. The zero-order valence-electron chi connectivity index (χ0n) is 7.11. The smallest absolute Gasteiger partial charge is 0.168 e. The van der Waals surface area contributed by atoms with Crippen molar-refractivity contribution in [2.24, 2.45) is 0 Å². The maximum atomic E-state index is 13.3. The van der Waals surface area contributed by atoms with Gasteiger partial charge in [-0.1, -0.05) is 0 Å². The molecule has 0 saturated heterocycles. The molecule has 5 heteroatoms. The summed E-state index contributed by atoms with van der Waals surface area (Å²) < 4.78 is 40.8. The maximum absolute atomic E-state index is 13.3. The molecule has 1 nitrogen and oxygen atoms in total. The minimum Gasteiger partial charge on any atom is -0.284 e. The first-order chi connectivity index (χ1) is 6.52. The Kier molecular flexibility index (Phi) is 2.21. The zero-order chi connectivity index (χ0) is 10.5. The van der Waals surface area contributed by atoms with Crippen molar-refractivity contribution in [3.05, 3.63) is 35.3 Å². The van der Waals surface area contributed by atoms with Gasteiger partial charge in [-0.2, -0.15) is 0 Å². The van der Waals surface area contributed by atoms with Crippen LogP contribution in [0.4, 0.5) is 13.2 Å². The molecule has 74 valence electrons. The van der Waals surface area contributed by atoms with Crippen LogP contribution in [0, 0.1) is 24.4 Å². The zero-order valence-corrected chi connectivity index (χ0v) is 9.27. The Morgan fingerprint density at radius 1 is 1.14 bits per heavy atom. The van der Waals surface area contributed by atoms with Crippen molar-refractivity contribution in [3.63, 3.8) is 0 Å². The van der Waals surface area contributed by atoms with E-state index in [0.29, 0.717) is 11.8 Å². The molecule has 0 amide bonds. The highest BCUT2D eigenvalue weighted by atomic mass is 127. The molecule has 2 rings (SSSR count). The number of aromatic nitrogens is 1. The first-order valence-electron chi connectivity index (χ1n) is 3.84. The molecule has 1 aromatic carbocycles. The average Bonchev–Trinajstić information content (AvgIpc) is 2.40. The van der Waals surface area contributed by atoms with E-state index in [1.54, 1.807) is 6.92 Å². The number of benzene rings is 1. The summed E-state index contributed by atoms with van der Waals surface area (Å²) in [6.07, 6.45) is 0. The predicted octanol–water partition coefficient (Wildman–Crippen LogP) is 3.57. The van der Waals surface area contributed by atoms with Gasteiger partial charge in [0.15, 0.2) is 17.5 Å². The molecule has 0 aliphatic rings. The number of halogens is 4. The molecular weight excluding hydrogens is 306 g/mol. The van der Waals surface area contributed by atoms with E-state index in [2.05, 4.69) is 0 Å². The average molecular weight is 311 g/mol. The van der Waals surface area contributed by atoms with Crippen molar-refractivity contribution < 1.29 is 13.2 Å². The normalized spacial score (nSPS) is 11.2. The lowest BCUT2D eigenvalue weighted by Crippen LogP contribution is -1.91. The van der Waals surface area contributed by atoms with Gasteiger partial charge in [0, 0.05) is 17.1 Å². The molecule has 0 unspecified atom stereocenters. The predicted molar refractivity (Wildman–Crippen MR) is 56.0 cm³/mol. The van der Waals surface area contributed by atoms with Gasteiger partial charge < -0.3 is 0 Å². The van der Waals surface area contributed by atoms with Crippen LogP contribution in [0.1, 0.15) is 5.69 Å². The fourth-order valence-corrected chi connectivity index (χ4v) is 2.01. The van der Waals surface area contributed by atoms with Crippen molar-refractivity contribution in [2.75, 3.05) is 0 Å². The Labute approximate surface area is 92.0 Å². The molecule has 0 N–H and O–H groups in total. The van der Waals surface area contributed by atoms with E-state index in [1.165, 1.54) is 8.85 Å². The molecule has 0 saturated carbocycles. The number of fused-ring (bicyclic) bond motifs is 1. The molecule has 14 heavy (non-hydrogen) atoms. The molecule has 0 radical (unpaired) electrons. The van der Waals surface area contributed by atoms with Gasteiger partial charge in [-0.3, -0.25) is 2.78 Å². The summed E-state index contributed by atoms with van der Waals surface area (Å²) in [4.78, 5) is 0. The molecule has 1 heterocycles. The van der Waals surface area contributed by atoms with E-state index in [4.69, 9.17) is 0 Å². The van der Waals surface area contributed by atoms with E-state index < -0.39 is 17.5 Å². The van der Waals surface area contributed by atoms with Crippen molar-refractivity contribution in [2.45, 2.75) is 6.92 Å². The Morgan fingerprint density at radius 2 is 1.79 bits per heavy atom. The summed E-state index contributed by atoms with van der Waals surface area (Å²) in [5.74, 6) is -2.90. The van der Waals surface area contributed by atoms with Crippen LogP contribution >= 0.6 is 22.9 Å². The van der Waals surface area contributed by atoms with E-state index in [0.717, 1.165) is 0 Å². The highest BCUT2D eigenvalue weighted by Crippen LogP contribution is 2.28. The molecular formula is C9H5F3IN. The first kappa shape index (κ1) is 9.82. The van der Waals surface area contributed by atoms with E-state index in [1.807, 2.05) is 22.9 Å². The van der Waals surface area contributed by atoms with Crippen LogP contribution in [-0.2, 0) is 0 Å². The lowest BCUT2D eigenvalue weighted by atomic mass is 10.2. The summed E-state index contributed by atoms with van der Waals surface area (Å²) in [5.41, 5.74) is 0.756. The summed E-state index contributed by atoms with van der Waals surface area (Å²) in [5, 5.41) is -0.0191. The number of aryl methyl sites for hydroxylation is 1. The van der Waals surface area contributed by atoms with E-state index in [9.17, 15) is 13.2 Å². The maximum Gasteiger partial charge on any atom is 0.168 e. The molecule has 0 aliphatic heterocycles. The molecule has 0 atom stereocenters. The summed E-state index contributed by atoms with van der Waals surface area (Å²) >= 11 is 1.84. The second-order valence-corrected chi connectivity index (χ2v) is 3.95. The number of rotatable bonds is 0. The third-order valence-electron chi connectivity index (χ3n) is 2.04. The van der Waals surface area contributed by atoms with E-state index in [-0.39, 0.29) is 10.9 Å². The standard InChI is InChI=1S/C9H5F3IN/c1-4-2-5-8(12)6(10)3-7(11)9(5)14(4)13/h2-3H,1H3. The third-order valence-corrected chi connectivity index (χ3v) is 3.28. The highest BCUT2D eigenvalue weighted by Gasteiger charge is 2.16. The van der Waals surface area contributed by atoms with Crippen molar-refractivity contribution in [1.29, 1.82) is 0 Å². The van der Waals surface area contributed by atoms with Crippen LogP contribution in [-0.4, -0.2) is 2.78 Å². The SMILES string of the molecule is Cc1cc2c(F)c(F)cc(F)c2n1I. The third kappa shape index (κ3) is 1.22. The van der Waals surface area contributed by atoms with Gasteiger partial charge in [0.2, 0.25) is 0 Å². The van der Waals surface area contributed by atoms with Gasteiger partial charge in [0.05, 0.1) is 28.4 Å². The summed E-state index contributed by atoms with van der Waals surface area (Å²) in [6.45, 7) is 1.70. The topological polar surface area (TPSA) is 4.93 Å². The number of nitrogens with zero attached hydrogens (tertiary/aromatic N) is 1. The summed E-state index contributed by atoms with van der Waals surface area (Å²) in [7, 11) is 0. The van der Waals surface area contributed by atoms with Gasteiger partial charge in [-0.15, -0.1) is 0 Å². The van der Waals surface area contributed by atoms with E-state index >= 15 is 0 Å². The second-order valence-electron chi connectivity index (χ2n) is 2.98. The molecule has 0 bridgehead atoms. The Bertz CT molecular complexity index is 518. The molecule has 2 aromatic rings. The molecule has 0 spiro atoms. The lowest BCUT2D eigenvalue weighted by Gasteiger charge is -1.99. The molecule has 1 aromatic heterocycles. The highest BCUT2D eigenvalue weighted by molar-refractivity contribution is 14.1. The quantitative estimate of drug-likeness (QED) is 0.518. The van der Waals surface area contributed by atoms with Crippen molar-refractivity contribution in [1.82, 2.24) is 2.78 Å². The Hall–Kier alpha value is -0.720. The number of hydrogen-bond donors (Lipinski definition) is 0. The fraction of sp³-hybridized carbons (Fsp3) is 0.111. The van der Waals surface area contributed by atoms with Crippen molar-refractivity contribution in [3.8, 4) is 0 Å².